The minimum atomic E-state index is 0.0868. The van der Waals surface area contributed by atoms with Gasteiger partial charge in [0.25, 0.3) is 0 Å². The lowest BCUT2D eigenvalue weighted by atomic mass is 10.2. The zero-order valence-corrected chi connectivity index (χ0v) is 11.0. The molecule has 20 heavy (non-hydrogen) atoms. The Hall–Kier alpha value is -2.12. The van der Waals surface area contributed by atoms with E-state index in [0.29, 0.717) is 36.4 Å². The molecule has 7 heteroatoms. The predicted octanol–water partition coefficient (Wildman–Crippen LogP) is 0.982. The van der Waals surface area contributed by atoms with Gasteiger partial charge in [0.2, 0.25) is 11.7 Å². The Morgan fingerprint density at radius 2 is 2.20 bits per heavy atom. The molecular formula is C13H15N3O4. The third-order valence-electron chi connectivity index (χ3n) is 2.97. The third kappa shape index (κ3) is 2.45. The molecule has 0 bridgehead atoms. The molecule has 2 heterocycles. The van der Waals surface area contributed by atoms with Crippen LogP contribution in [0.3, 0.4) is 0 Å². The summed E-state index contributed by atoms with van der Waals surface area (Å²) in [5.41, 5.74) is 6.23. The molecule has 0 amide bonds. The Bertz CT molecular complexity index is 595. The van der Waals surface area contributed by atoms with Gasteiger partial charge in [-0.15, -0.1) is 0 Å². The smallest absolute Gasteiger partial charge is 0.240 e. The molecule has 0 atom stereocenters. The number of methoxy groups -OCH3 is 1. The number of nitrogens with two attached hydrogens (primary N) is 1. The number of benzene rings is 1. The van der Waals surface area contributed by atoms with Crippen molar-refractivity contribution in [3.05, 3.63) is 24.1 Å². The van der Waals surface area contributed by atoms with Gasteiger partial charge in [-0.05, 0) is 18.2 Å². The Morgan fingerprint density at radius 3 is 2.80 bits per heavy atom. The molecule has 0 radical (unpaired) electrons. The fourth-order valence-corrected chi connectivity index (χ4v) is 1.82. The van der Waals surface area contributed by atoms with E-state index in [1.54, 1.807) is 13.2 Å². The lowest BCUT2D eigenvalue weighted by molar-refractivity contribution is -0.0803. The van der Waals surface area contributed by atoms with Crippen molar-refractivity contribution < 1.29 is 18.7 Å². The van der Waals surface area contributed by atoms with Gasteiger partial charge in [0.15, 0.2) is 11.5 Å². The summed E-state index contributed by atoms with van der Waals surface area (Å²) in [6.45, 7) is 1.43. The Labute approximate surface area is 115 Å². The topological polar surface area (TPSA) is 92.6 Å². The average molecular weight is 277 g/mol. The van der Waals surface area contributed by atoms with E-state index in [-0.39, 0.29) is 12.6 Å². The quantitative estimate of drug-likeness (QED) is 0.870. The summed E-state index contributed by atoms with van der Waals surface area (Å²) in [7, 11) is 1.59. The van der Waals surface area contributed by atoms with Crippen molar-refractivity contribution >= 4 is 0 Å². The molecule has 106 valence electrons. The van der Waals surface area contributed by atoms with Crippen LogP contribution in [0.15, 0.2) is 22.7 Å². The number of ether oxygens (including phenoxy) is 3. The molecule has 1 fully saturated rings. The van der Waals surface area contributed by atoms with Crippen LogP contribution in [-0.2, 0) is 11.3 Å². The van der Waals surface area contributed by atoms with Crippen LogP contribution in [0.25, 0.3) is 11.4 Å². The van der Waals surface area contributed by atoms with E-state index >= 15 is 0 Å². The summed E-state index contributed by atoms with van der Waals surface area (Å²) in [5.74, 6) is 2.16. The number of nitrogens with zero attached hydrogens (tertiary/aromatic N) is 2. The summed E-state index contributed by atoms with van der Waals surface area (Å²) < 4.78 is 21.2. The second-order valence-corrected chi connectivity index (χ2v) is 4.36. The number of rotatable bonds is 5. The van der Waals surface area contributed by atoms with Gasteiger partial charge in [-0.25, -0.2) is 0 Å². The van der Waals surface area contributed by atoms with Gasteiger partial charge < -0.3 is 24.5 Å². The van der Waals surface area contributed by atoms with Crippen molar-refractivity contribution in [2.24, 2.45) is 5.73 Å². The van der Waals surface area contributed by atoms with Crippen molar-refractivity contribution in [2.75, 3.05) is 20.3 Å². The summed E-state index contributed by atoms with van der Waals surface area (Å²) in [6, 6.07) is 5.48. The minimum absolute atomic E-state index is 0.0868. The fraction of sp³-hybridized carbons (Fsp3) is 0.385. The summed E-state index contributed by atoms with van der Waals surface area (Å²) in [6.07, 6.45) is 0.0868. The maximum Gasteiger partial charge on any atom is 0.240 e. The molecule has 0 unspecified atom stereocenters. The lowest BCUT2D eigenvalue weighted by Crippen LogP contribution is -2.38. The van der Waals surface area contributed by atoms with Crippen LogP contribution in [0.4, 0.5) is 0 Å². The van der Waals surface area contributed by atoms with Crippen LogP contribution < -0.4 is 15.2 Å². The molecule has 1 aliphatic rings. The Balaban J connectivity index is 1.85. The predicted molar refractivity (Wildman–Crippen MR) is 69.4 cm³/mol. The van der Waals surface area contributed by atoms with E-state index in [2.05, 4.69) is 10.1 Å². The van der Waals surface area contributed by atoms with Gasteiger partial charge in [-0.1, -0.05) is 5.16 Å². The highest BCUT2D eigenvalue weighted by atomic mass is 16.6. The Kier molecular flexibility index (Phi) is 3.53. The Morgan fingerprint density at radius 1 is 1.35 bits per heavy atom. The molecule has 3 rings (SSSR count). The second kappa shape index (κ2) is 5.48. The fourth-order valence-electron chi connectivity index (χ4n) is 1.82. The molecule has 0 aliphatic carbocycles. The van der Waals surface area contributed by atoms with Crippen LogP contribution in [0, 0.1) is 0 Å². The standard InChI is InChI=1S/C13H15N3O4/c1-17-11-4-8(13-15-12(5-14)20-16-13)2-3-10(11)19-9-6-18-7-9/h2-4,9H,5-7,14H2,1H3. The van der Waals surface area contributed by atoms with Crippen molar-refractivity contribution in [3.63, 3.8) is 0 Å². The highest BCUT2D eigenvalue weighted by Gasteiger charge is 2.22. The molecule has 0 saturated carbocycles. The maximum atomic E-state index is 5.76. The second-order valence-electron chi connectivity index (χ2n) is 4.36. The van der Waals surface area contributed by atoms with Crippen LogP contribution in [-0.4, -0.2) is 36.6 Å². The SMILES string of the molecule is COc1cc(-c2noc(CN)n2)ccc1OC1COC1. The first-order valence-corrected chi connectivity index (χ1v) is 6.25. The normalized spacial score (nSPS) is 14.9. The van der Waals surface area contributed by atoms with Gasteiger partial charge in [-0.2, -0.15) is 4.98 Å². The molecule has 1 aliphatic heterocycles. The van der Waals surface area contributed by atoms with Crippen molar-refractivity contribution in [2.45, 2.75) is 12.6 Å². The number of hydrogen-bond donors (Lipinski definition) is 1. The van der Waals surface area contributed by atoms with E-state index in [9.17, 15) is 0 Å². The van der Waals surface area contributed by atoms with Gasteiger partial charge in [0.05, 0.1) is 26.9 Å². The molecule has 7 nitrogen and oxygen atoms in total. The molecular weight excluding hydrogens is 262 g/mol. The maximum absolute atomic E-state index is 5.76. The molecule has 0 spiro atoms. The molecule has 1 aromatic carbocycles. The van der Waals surface area contributed by atoms with E-state index < -0.39 is 0 Å². The van der Waals surface area contributed by atoms with Gasteiger partial charge in [0, 0.05) is 5.56 Å². The van der Waals surface area contributed by atoms with E-state index in [0.717, 1.165) is 5.56 Å². The first kappa shape index (κ1) is 12.9. The van der Waals surface area contributed by atoms with E-state index in [1.807, 2.05) is 12.1 Å². The first-order chi connectivity index (χ1) is 9.80. The average Bonchev–Trinajstić information content (AvgIpc) is 2.91. The molecule has 2 aromatic rings. The summed E-state index contributed by atoms with van der Waals surface area (Å²) in [5, 5.41) is 3.87. The molecule has 1 aromatic heterocycles. The summed E-state index contributed by atoms with van der Waals surface area (Å²) >= 11 is 0. The monoisotopic (exact) mass is 277 g/mol. The summed E-state index contributed by atoms with van der Waals surface area (Å²) in [4.78, 5) is 4.17. The zero-order valence-electron chi connectivity index (χ0n) is 11.0. The van der Waals surface area contributed by atoms with E-state index in [4.69, 9.17) is 24.5 Å². The first-order valence-electron chi connectivity index (χ1n) is 6.25. The zero-order chi connectivity index (χ0) is 13.9. The molecule has 2 N–H and O–H groups in total. The van der Waals surface area contributed by atoms with Crippen LogP contribution >= 0.6 is 0 Å². The van der Waals surface area contributed by atoms with Crippen LogP contribution in [0.5, 0.6) is 11.5 Å². The van der Waals surface area contributed by atoms with Gasteiger partial charge >= 0.3 is 0 Å². The highest BCUT2D eigenvalue weighted by molar-refractivity contribution is 5.60. The van der Waals surface area contributed by atoms with Crippen molar-refractivity contribution in [3.8, 4) is 22.9 Å². The van der Waals surface area contributed by atoms with E-state index in [1.165, 1.54) is 0 Å². The third-order valence-corrected chi connectivity index (χ3v) is 2.97. The number of aromatic nitrogens is 2. The highest BCUT2D eigenvalue weighted by Crippen LogP contribution is 2.32. The minimum Gasteiger partial charge on any atom is -0.493 e. The van der Waals surface area contributed by atoms with Gasteiger partial charge in [0.1, 0.15) is 6.10 Å². The van der Waals surface area contributed by atoms with Crippen molar-refractivity contribution in [1.29, 1.82) is 0 Å². The largest absolute Gasteiger partial charge is 0.493 e. The lowest BCUT2D eigenvalue weighted by Gasteiger charge is -2.27. The van der Waals surface area contributed by atoms with Crippen molar-refractivity contribution in [1.82, 2.24) is 10.1 Å². The molecule has 1 saturated heterocycles. The van der Waals surface area contributed by atoms with Gasteiger partial charge in [-0.3, -0.25) is 0 Å². The van der Waals surface area contributed by atoms with Crippen LogP contribution in [0.2, 0.25) is 0 Å². The van der Waals surface area contributed by atoms with Crippen LogP contribution in [0.1, 0.15) is 5.89 Å². The number of hydrogen-bond acceptors (Lipinski definition) is 7.